The molecule has 9 nitrogen and oxygen atoms in total. The number of phosphoric acid groups is 2. The second-order valence-electron chi connectivity index (χ2n) is 0.981. The van der Waals surface area contributed by atoms with Crippen LogP contribution in [-0.4, -0.2) is 42.6 Å². The van der Waals surface area contributed by atoms with Gasteiger partial charge in [-0.05, 0) is 0 Å². The molecule has 0 saturated heterocycles. The van der Waals surface area contributed by atoms with Gasteiger partial charge in [0.1, 0.15) is 0 Å². The molecule has 6 N–H and O–H groups in total. The molecule has 0 aromatic heterocycles. The molecule has 0 fully saturated rings. The van der Waals surface area contributed by atoms with Gasteiger partial charge in [-0.2, -0.15) is 0 Å². The molecule has 76 valence electrons. The van der Waals surface area contributed by atoms with Crippen LogP contribution in [0, 0.1) is 0 Å². The quantitative estimate of drug-likeness (QED) is 0.251. The summed E-state index contributed by atoms with van der Waals surface area (Å²) < 4.78 is 17.5. The standard InChI is InChI=1S/GeH2.2H3O4P.H2O/c;2*1-5(2,3)4;/h1H2;2*(H3,1,2,3,4);1H2/q+2;;;/p-2. The molecule has 0 bridgehead atoms. The Kier molecular flexibility index (Phi) is 15.9. The van der Waals surface area contributed by atoms with Gasteiger partial charge in [0.25, 0.3) is 15.6 Å². The zero-order valence-corrected chi connectivity index (χ0v) is 10.3. The molecular formula is H8GeO9P2. The van der Waals surface area contributed by atoms with Gasteiger partial charge in [0.05, 0.1) is 0 Å². The van der Waals surface area contributed by atoms with Gasteiger partial charge in [0.2, 0.25) is 0 Å². The molecule has 12 heteroatoms. The van der Waals surface area contributed by atoms with E-state index in [4.69, 9.17) is 38.5 Å². The first kappa shape index (κ1) is 23.0. The van der Waals surface area contributed by atoms with E-state index in [2.05, 4.69) is 0 Å². The summed E-state index contributed by atoms with van der Waals surface area (Å²) in [6, 6.07) is 0. The van der Waals surface area contributed by atoms with Crippen molar-refractivity contribution in [2.45, 2.75) is 0 Å². The molecule has 0 spiro atoms. The molecule has 0 unspecified atom stereocenters. The van der Waals surface area contributed by atoms with E-state index in [1.54, 1.807) is 0 Å². The molecule has 0 aromatic carbocycles. The minimum atomic E-state index is -4.89. The van der Waals surface area contributed by atoms with Gasteiger partial charge in [0, 0.05) is 0 Å². The van der Waals surface area contributed by atoms with Crippen molar-refractivity contribution in [3.05, 3.63) is 0 Å². The first-order valence-electron chi connectivity index (χ1n) is 1.53. The predicted molar refractivity (Wildman–Crippen MR) is 36.2 cm³/mol. The topological polar surface area (TPSA) is 193 Å². The summed E-state index contributed by atoms with van der Waals surface area (Å²) >= 11 is 0. The van der Waals surface area contributed by atoms with E-state index in [1.165, 1.54) is 0 Å². The SMILES string of the molecule is O.O=P([O-])(O)O.O=P([O-])(O)O.[GeH2+2]. The van der Waals surface area contributed by atoms with Gasteiger partial charge in [-0.3, -0.25) is 9.13 Å². The monoisotopic (exact) mass is 288 g/mol. The van der Waals surface area contributed by atoms with Crippen LogP contribution in [0.5, 0.6) is 0 Å². The fourth-order valence-electron chi connectivity index (χ4n) is 0. The Balaban J connectivity index is -0.0000000457. The number of hydrogen-bond acceptors (Lipinski definition) is 4. The normalized spacial score (nSPS) is 9.83. The molecule has 0 heterocycles. The van der Waals surface area contributed by atoms with E-state index in [0.29, 0.717) is 0 Å². The maximum absolute atomic E-state index is 8.77. The summed E-state index contributed by atoms with van der Waals surface area (Å²) in [6.45, 7) is 0. The third-order valence-electron chi connectivity index (χ3n) is 0. The van der Waals surface area contributed by atoms with Crippen molar-refractivity contribution in [3.63, 3.8) is 0 Å². The van der Waals surface area contributed by atoms with E-state index in [1.807, 2.05) is 0 Å². The summed E-state index contributed by atoms with van der Waals surface area (Å²) in [6.07, 6.45) is 0. The van der Waals surface area contributed by atoms with Gasteiger partial charge in [-0.15, -0.1) is 0 Å². The van der Waals surface area contributed by atoms with E-state index in [0.717, 1.165) is 0 Å². The molecule has 0 saturated carbocycles. The fourth-order valence-corrected chi connectivity index (χ4v) is 0. The van der Waals surface area contributed by atoms with Gasteiger partial charge in [-0.25, -0.2) is 0 Å². The first-order valence-corrected chi connectivity index (χ1v) is 4.59. The van der Waals surface area contributed by atoms with Crippen LogP contribution < -0.4 is 9.79 Å². The van der Waals surface area contributed by atoms with Crippen molar-refractivity contribution in [3.8, 4) is 0 Å². The Morgan fingerprint density at radius 3 is 0.833 bits per heavy atom. The van der Waals surface area contributed by atoms with Crippen LogP contribution in [0.1, 0.15) is 0 Å². The molecule has 0 aromatic rings. The predicted octanol–water partition coefficient (Wildman–Crippen LogP) is -4.86. The second-order valence-corrected chi connectivity index (χ2v) is 2.94. The Morgan fingerprint density at radius 1 is 0.833 bits per heavy atom. The fraction of sp³-hybridized carbons (Fsp3) is 0. The van der Waals surface area contributed by atoms with Crippen molar-refractivity contribution >= 4 is 33.2 Å². The molecule has 0 aliphatic rings. The zero-order valence-electron chi connectivity index (χ0n) is 5.52. The Bertz CT molecular complexity index is 125. The summed E-state index contributed by atoms with van der Waals surface area (Å²) in [5, 5.41) is 0. The Labute approximate surface area is 77.8 Å². The van der Waals surface area contributed by atoms with E-state index in [-0.39, 0.29) is 23.1 Å². The van der Waals surface area contributed by atoms with Crippen LogP contribution in [0.3, 0.4) is 0 Å². The first-order chi connectivity index (χ1) is 4.00. The van der Waals surface area contributed by atoms with Crippen LogP contribution in [0.25, 0.3) is 0 Å². The summed E-state index contributed by atoms with van der Waals surface area (Å²) in [7, 11) is -9.78. The van der Waals surface area contributed by atoms with Gasteiger partial charge < -0.3 is 34.8 Å². The molecule has 0 aliphatic heterocycles. The van der Waals surface area contributed by atoms with Gasteiger partial charge in [0.15, 0.2) is 0 Å². The van der Waals surface area contributed by atoms with Crippen molar-refractivity contribution in [1.29, 1.82) is 0 Å². The number of hydrogen-bond donors (Lipinski definition) is 4. The minimum absolute atomic E-state index is 0. The molecule has 0 atom stereocenters. The maximum atomic E-state index is 8.77. The van der Waals surface area contributed by atoms with Gasteiger partial charge >= 0.3 is 17.6 Å². The average Bonchev–Trinajstić information content (AvgIpc) is 1.12. The second kappa shape index (κ2) is 8.33. The molecule has 12 heavy (non-hydrogen) atoms. The number of rotatable bonds is 0. The third kappa shape index (κ3) is 1940. The van der Waals surface area contributed by atoms with Crippen molar-refractivity contribution in [1.82, 2.24) is 0 Å². The molecular weight excluding hydrogens is 279 g/mol. The Morgan fingerprint density at radius 2 is 0.833 bits per heavy atom. The van der Waals surface area contributed by atoms with E-state index < -0.39 is 15.6 Å². The molecule has 0 aliphatic carbocycles. The van der Waals surface area contributed by atoms with E-state index >= 15 is 0 Å². The van der Waals surface area contributed by atoms with Crippen molar-refractivity contribution in [2.75, 3.05) is 0 Å². The molecule has 0 radical (unpaired) electrons. The van der Waals surface area contributed by atoms with Crippen molar-refractivity contribution < 1.29 is 44.0 Å². The molecule has 0 rings (SSSR count). The van der Waals surface area contributed by atoms with Crippen LogP contribution >= 0.6 is 15.6 Å². The summed E-state index contributed by atoms with van der Waals surface area (Å²) in [5.74, 6) is 0. The zero-order chi connectivity index (χ0) is 9.00. The molecule has 0 amide bonds. The van der Waals surface area contributed by atoms with Crippen LogP contribution in [0.15, 0.2) is 0 Å². The third-order valence-corrected chi connectivity index (χ3v) is 0. The van der Waals surface area contributed by atoms with Crippen molar-refractivity contribution in [2.24, 2.45) is 0 Å². The van der Waals surface area contributed by atoms with Crippen LogP contribution in [0.2, 0.25) is 0 Å². The van der Waals surface area contributed by atoms with Crippen LogP contribution in [-0.2, 0) is 9.13 Å². The average molecular weight is 287 g/mol. The van der Waals surface area contributed by atoms with Gasteiger partial charge in [-0.1, -0.05) is 0 Å². The summed E-state index contributed by atoms with van der Waals surface area (Å²) in [4.78, 5) is 45.8. The summed E-state index contributed by atoms with van der Waals surface area (Å²) in [5.41, 5.74) is 0. The van der Waals surface area contributed by atoms with Crippen LogP contribution in [0.4, 0.5) is 0 Å². The van der Waals surface area contributed by atoms with E-state index in [9.17, 15) is 0 Å². The Hall–Kier alpha value is 0.723.